The summed E-state index contributed by atoms with van der Waals surface area (Å²) in [5, 5.41) is 2.78. The first-order valence-corrected chi connectivity index (χ1v) is 11.3. The van der Waals surface area contributed by atoms with E-state index in [1.165, 1.54) is 12.1 Å². The van der Waals surface area contributed by atoms with Crippen molar-refractivity contribution in [3.05, 3.63) is 107 Å². The minimum absolute atomic E-state index is 0.0154. The Hall–Kier alpha value is -3.26. The topological polar surface area (TPSA) is 32.3 Å². The van der Waals surface area contributed by atoms with Crippen LogP contribution >= 0.6 is 0 Å². The second-order valence-corrected chi connectivity index (χ2v) is 8.90. The number of benzene rings is 3. The van der Waals surface area contributed by atoms with Gasteiger partial charge in [-0.1, -0.05) is 48.5 Å². The second kappa shape index (κ2) is 10.6. The van der Waals surface area contributed by atoms with Crippen LogP contribution in [0.4, 0.5) is 22.0 Å². The summed E-state index contributed by atoms with van der Waals surface area (Å²) in [6.07, 6.45) is -3.88. The van der Waals surface area contributed by atoms with Crippen molar-refractivity contribution in [2.24, 2.45) is 5.92 Å². The van der Waals surface area contributed by atoms with Crippen molar-refractivity contribution >= 4 is 5.91 Å². The summed E-state index contributed by atoms with van der Waals surface area (Å²) >= 11 is 0. The molecule has 2 atom stereocenters. The predicted molar refractivity (Wildman–Crippen MR) is 122 cm³/mol. The van der Waals surface area contributed by atoms with E-state index < -0.39 is 29.3 Å². The van der Waals surface area contributed by atoms with E-state index in [-0.39, 0.29) is 18.4 Å². The highest BCUT2D eigenvalue weighted by Gasteiger charge is 2.33. The maximum absolute atomic E-state index is 13.7. The molecule has 8 heteroatoms. The van der Waals surface area contributed by atoms with Crippen LogP contribution in [0.25, 0.3) is 0 Å². The molecule has 1 saturated heterocycles. The van der Waals surface area contributed by atoms with Crippen LogP contribution in [0.3, 0.4) is 0 Å². The molecule has 35 heavy (non-hydrogen) atoms. The molecule has 1 aliphatic rings. The fourth-order valence-corrected chi connectivity index (χ4v) is 4.56. The molecule has 1 amide bonds. The van der Waals surface area contributed by atoms with Crippen molar-refractivity contribution in [1.82, 2.24) is 10.2 Å². The molecule has 0 bridgehead atoms. The molecule has 1 fully saturated rings. The van der Waals surface area contributed by atoms with Gasteiger partial charge in [-0.25, -0.2) is 8.78 Å². The SMILES string of the molecule is O=C(NCc1cccc(C(F)(F)F)c1)[C@H]1C[C@H](c2ccccc2)CN(Cc2ccc(F)c(F)c2)C1. The molecule has 0 saturated carbocycles. The second-order valence-electron chi connectivity index (χ2n) is 8.90. The lowest BCUT2D eigenvalue weighted by Gasteiger charge is -2.37. The van der Waals surface area contributed by atoms with Gasteiger partial charge in [0.1, 0.15) is 0 Å². The number of piperidine rings is 1. The lowest BCUT2D eigenvalue weighted by Crippen LogP contribution is -2.45. The Morgan fingerprint density at radius 2 is 1.66 bits per heavy atom. The summed E-state index contributed by atoms with van der Waals surface area (Å²) in [6.45, 7) is 1.37. The summed E-state index contributed by atoms with van der Waals surface area (Å²) in [5.41, 5.74) is 1.27. The van der Waals surface area contributed by atoms with Crippen molar-refractivity contribution < 1.29 is 26.7 Å². The Morgan fingerprint density at radius 3 is 2.37 bits per heavy atom. The van der Waals surface area contributed by atoms with Gasteiger partial charge in [0.25, 0.3) is 0 Å². The largest absolute Gasteiger partial charge is 0.416 e. The molecule has 184 valence electrons. The molecule has 3 aromatic carbocycles. The molecule has 1 aliphatic heterocycles. The van der Waals surface area contributed by atoms with Gasteiger partial charge < -0.3 is 5.32 Å². The van der Waals surface area contributed by atoms with Crippen LogP contribution in [0, 0.1) is 17.6 Å². The fraction of sp³-hybridized carbons (Fsp3) is 0.296. The Bertz CT molecular complexity index is 1170. The Morgan fingerprint density at radius 1 is 0.886 bits per heavy atom. The van der Waals surface area contributed by atoms with E-state index in [9.17, 15) is 26.7 Å². The first kappa shape index (κ1) is 24.9. The van der Waals surface area contributed by atoms with Gasteiger partial charge in [-0.3, -0.25) is 9.69 Å². The highest BCUT2D eigenvalue weighted by molar-refractivity contribution is 5.79. The highest BCUT2D eigenvalue weighted by Crippen LogP contribution is 2.32. The number of halogens is 5. The number of hydrogen-bond acceptors (Lipinski definition) is 2. The molecule has 0 spiro atoms. The molecule has 1 heterocycles. The highest BCUT2D eigenvalue weighted by atomic mass is 19.4. The number of carbonyl (C=O) groups is 1. The van der Waals surface area contributed by atoms with Gasteiger partial charge in [0.2, 0.25) is 5.91 Å². The zero-order valence-electron chi connectivity index (χ0n) is 18.9. The van der Waals surface area contributed by atoms with E-state index in [4.69, 9.17) is 0 Å². The first-order valence-electron chi connectivity index (χ1n) is 11.3. The van der Waals surface area contributed by atoms with Crippen LogP contribution in [0.1, 0.15) is 34.6 Å². The number of hydrogen-bond donors (Lipinski definition) is 1. The lowest BCUT2D eigenvalue weighted by molar-refractivity contribution is -0.137. The minimum atomic E-state index is -4.45. The Labute approximate surface area is 200 Å². The number of alkyl halides is 3. The average Bonchev–Trinajstić information content (AvgIpc) is 2.85. The molecule has 0 unspecified atom stereocenters. The van der Waals surface area contributed by atoms with E-state index in [1.54, 1.807) is 6.07 Å². The third kappa shape index (κ3) is 6.45. The van der Waals surface area contributed by atoms with Crippen LogP contribution in [-0.2, 0) is 24.1 Å². The number of carbonyl (C=O) groups excluding carboxylic acids is 1. The Balaban J connectivity index is 1.47. The third-order valence-corrected chi connectivity index (χ3v) is 6.28. The fourth-order valence-electron chi connectivity index (χ4n) is 4.56. The summed E-state index contributed by atoms with van der Waals surface area (Å²) in [6, 6.07) is 18.4. The van der Waals surface area contributed by atoms with E-state index in [0.29, 0.717) is 37.2 Å². The molecular formula is C27H25F5N2O. The molecule has 0 aliphatic carbocycles. The van der Waals surface area contributed by atoms with Gasteiger partial charge in [0, 0.05) is 26.2 Å². The quantitative estimate of drug-likeness (QED) is 0.438. The van der Waals surface area contributed by atoms with Gasteiger partial charge in [0.05, 0.1) is 11.5 Å². The normalized spacial score (nSPS) is 18.9. The standard InChI is InChI=1S/C27H25F5N2O/c28-24-10-9-19(12-25(24)29)15-34-16-21(20-6-2-1-3-7-20)13-22(17-34)26(35)33-14-18-5-4-8-23(11-18)27(30,31)32/h1-12,21-22H,13-17H2,(H,33,35)/t21-,22-/m0/s1. The van der Waals surface area contributed by atoms with Crippen molar-refractivity contribution in [2.75, 3.05) is 13.1 Å². The number of rotatable bonds is 6. The summed E-state index contributed by atoms with van der Waals surface area (Å²) < 4.78 is 66.0. The van der Waals surface area contributed by atoms with Crippen LogP contribution in [0.2, 0.25) is 0 Å². The number of nitrogens with one attached hydrogen (secondary N) is 1. The summed E-state index contributed by atoms with van der Waals surface area (Å²) in [4.78, 5) is 15.1. The lowest BCUT2D eigenvalue weighted by atomic mass is 9.84. The van der Waals surface area contributed by atoms with Crippen molar-refractivity contribution in [3.63, 3.8) is 0 Å². The molecule has 0 aromatic heterocycles. The predicted octanol–water partition coefficient (Wildman–Crippen LogP) is 5.91. The summed E-state index contributed by atoms with van der Waals surface area (Å²) in [7, 11) is 0. The van der Waals surface area contributed by atoms with E-state index >= 15 is 0 Å². The molecule has 0 radical (unpaired) electrons. The molecular weight excluding hydrogens is 463 g/mol. The number of amides is 1. The third-order valence-electron chi connectivity index (χ3n) is 6.28. The van der Waals surface area contributed by atoms with Gasteiger partial charge >= 0.3 is 6.18 Å². The maximum atomic E-state index is 13.7. The van der Waals surface area contributed by atoms with Crippen LogP contribution in [-0.4, -0.2) is 23.9 Å². The monoisotopic (exact) mass is 488 g/mol. The van der Waals surface area contributed by atoms with Gasteiger partial charge in [-0.2, -0.15) is 13.2 Å². The Kier molecular flexibility index (Phi) is 7.50. The molecule has 1 N–H and O–H groups in total. The van der Waals surface area contributed by atoms with Crippen LogP contribution in [0.15, 0.2) is 72.8 Å². The average molecular weight is 489 g/mol. The van der Waals surface area contributed by atoms with Crippen molar-refractivity contribution in [2.45, 2.75) is 31.6 Å². The number of likely N-dealkylation sites (tertiary alicyclic amines) is 1. The van der Waals surface area contributed by atoms with Gasteiger partial charge in [0.15, 0.2) is 11.6 Å². The molecule has 3 aromatic rings. The van der Waals surface area contributed by atoms with Crippen LogP contribution in [0.5, 0.6) is 0 Å². The molecule has 4 rings (SSSR count). The molecule has 3 nitrogen and oxygen atoms in total. The zero-order chi connectivity index (χ0) is 25.0. The minimum Gasteiger partial charge on any atom is -0.352 e. The van der Waals surface area contributed by atoms with E-state index in [2.05, 4.69) is 5.32 Å². The van der Waals surface area contributed by atoms with Gasteiger partial charge in [-0.15, -0.1) is 0 Å². The van der Waals surface area contributed by atoms with Crippen molar-refractivity contribution in [3.8, 4) is 0 Å². The zero-order valence-corrected chi connectivity index (χ0v) is 18.9. The maximum Gasteiger partial charge on any atom is 0.416 e. The van der Waals surface area contributed by atoms with Crippen LogP contribution < -0.4 is 5.32 Å². The van der Waals surface area contributed by atoms with E-state index in [1.807, 2.05) is 35.2 Å². The smallest absolute Gasteiger partial charge is 0.352 e. The number of nitrogens with zero attached hydrogens (tertiary/aromatic N) is 1. The van der Waals surface area contributed by atoms with E-state index in [0.717, 1.165) is 29.8 Å². The first-order chi connectivity index (χ1) is 16.7. The van der Waals surface area contributed by atoms with Gasteiger partial charge in [-0.05, 0) is 53.3 Å². The summed E-state index contributed by atoms with van der Waals surface area (Å²) in [5.74, 6) is -2.46. The van der Waals surface area contributed by atoms with Crippen molar-refractivity contribution in [1.29, 1.82) is 0 Å².